The molecule has 0 bridgehead atoms. The molecule has 0 atom stereocenters. The Morgan fingerprint density at radius 2 is 1.76 bits per heavy atom. The lowest BCUT2D eigenvalue weighted by Crippen LogP contribution is -1.89. The fourth-order valence-electron chi connectivity index (χ4n) is 1.38. The van der Waals surface area contributed by atoms with Crippen molar-refractivity contribution in [1.82, 2.24) is 0 Å². The molecule has 2 aromatic rings. The highest BCUT2D eigenvalue weighted by Gasteiger charge is 2.02. The van der Waals surface area contributed by atoms with Crippen LogP contribution in [0.4, 0.5) is 11.4 Å². The molecule has 3 nitrogen and oxygen atoms in total. The molecule has 3 N–H and O–H groups in total. The molecule has 0 radical (unpaired) electrons. The van der Waals surface area contributed by atoms with E-state index in [9.17, 15) is 0 Å². The predicted molar refractivity (Wildman–Crippen MR) is 70.7 cm³/mol. The van der Waals surface area contributed by atoms with Crippen molar-refractivity contribution in [2.24, 2.45) is 0 Å². The van der Waals surface area contributed by atoms with Crippen LogP contribution in [0.15, 0.2) is 58.3 Å². The maximum atomic E-state index is 8.66. The van der Waals surface area contributed by atoms with Gasteiger partial charge in [-0.1, -0.05) is 23.9 Å². The normalized spacial score (nSPS) is 9.59. The van der Waals surface area contributed by atoms with E-state index < -0.39 is 0 Å². The molecule has 0 fully saturated rings. The quantitative estimate of drug-likeness (QED) is 0.491. The molecule has 0 saturated heterocycles. The van der Waals surface area contributed by atoms with E-state index in [0.29, 0.717) is 0 Å². The molecule has 0 spiro atoms. The molecule has 0 aliphatic heterocycles. The first-order valence-electron chi connectivity index (χ1n) is 5.07. The number of hydrogen-bond acceptors (Lipinski definition) is 4. The van der Waals surface area contributed by atoms with Crippen LogP contribution in [0, 0.1) is 11.5 Å². The number of rotatable bonds is 3. The van der Waals surface area contributed by atoms with E-state index in [1.165, 1.54) is 0 Å². The van der Waals surface area contributed by atoms with Crippen molar-refractivity contribution in [3.8, 4) is 6.19 Å². The van der Waals surface area contributed by atoms with Crippen LogP contribution in [0.1, 0.15) is 0 Å². The van der Waals surface area contributed by atoms with E-state index in [1.807, 2.05) is 54.7 Å². The van der Waals surface area contributed by atoms with E-state index in [2.05, 4.69) is 5.32 Å². The number of nitrogen functional groups attached to an aromatic ring is 1. The van der Waals surface area contributed by atoms with Gasteiger partial charge in [-0.3, -0.25) is 5.32 Å². The third kappa shape index (κ3) is 2.92. The van der Waals surface area contributed by atoms with Crippen LogP contribution in [0.3, 0.4) is 0 Å². The number of para-hydroxylation sites is 1. The standard InChI is InChI=1S/C13H11N3S/c14-9-16-12-3-1-2-4-13(12)17-11-7-5-10(15)6-8-11/h1-8,16H,15H2. The SMILES string of the molecule is N#CNc1ccccc1Sc1ccc(N)cc1. The van der Waals surface area contributed by atoms with Gasteiger partial charge in [0.05, 0.1) is 5.69 Å². The molecule has 0 heterocycles. The Kier molecular flexibility index (Phi) is 3.53. The summed E-state index contributed by atoms with van der Waals surface area (Å²) in [5.41, 5.74) is 7.20. The summed E-state index contributed by atoms with van der Waals surface area (Å²) >= 11 is 1.59. The van der Waals surface area contributed by atoms with Crippen LogP contribution < -0.4 is 11.1 Å². The van der Waals surface area contributed by atoms with E-state index in [4.69, 9.17) is 11.0 Å². The summed E-state index contributed by atoms with van der Waals surface area (Å²) in [6.07, 6.45) is 1.94. The van der Waals surface area contributed by atoms with Gasteiger partial charge < -0.3 is 5.73 Å². The second-order valence-electron chi connectivity index (χ2n) is 3.40. The second-order valence-corrected chi connectivity index (χ2v) is 4.52. The number of nitrogens with two attached hydrogens (primary N) is 1. The summed E-state index contributed by atoms with van der Waals surface area (Å²) in [6, 6.07) is 15.3. The van der Waals surface area contributed by atoms with Crippen molar-refractivity contribution >= 4 is 23.1 Å². The molecule has 0 amide bonds. The molecule has 0 unspecified atom stereocenters. The maximum Gasteiger partial charge on any atom is 0.181 e. The lowest BCUT2D eigenvalue weighted by Gasteiger charge is -2.06. The van der Waals surface area contributed by atoms with Crippen LogP contribution in [0.2, 0.25) is 0 Å². The minimum atomic E-state index is 0.748. The minimum Gasteiger partial charge on any atom is -0.399 e. The van der Waals surface area contributed by atoms with Gasteiger partial charge in [-0.05, 0) is 36.4 Å². The summed E-state index contributed by atoms with van der Waals surface area (Å²) < 4.78 is 0. The van der Waals surface area contributed by atoms with Gasteiger partial charge >= 0.3 is 0 Å². The number of nitrogens with zero attached hydrogens (tertiary/aromatic N) is 1. The Morgan fingerprint density at radius 3 is 2.47 bits per heavy atom. The molecule has 17 heavy (non-hydrogen) atoms. The van der Waals surface area contributed by atoms with Gasteiger partial charge in [-0.15, -0.1) is 0 Å². The Morgan fingerprint density at radius 1 is 1.06 bits per heavy atom. The summed E-state index contributed by atoms with van der Waals surface area (Å²) in [6.45, 7) is 0. The number of hydrogen-bond donors (Lipinski definition) is 2. The number of nitriles is 1. The van der Waals surface area contributed by atoms with Crippen LogP contribution in [0.5, 0.6) is 0 Å². The average Bonchev–Trinajstić information content (AvgIpc) is 2.35. The molecule has 0 saturated carbocycles. The van der Waals surface area contributed by atoms with E-state index in [-0.39, 0.29) is 0 Å². The van der Waals surface area contributed by atoms with Crippen molar-refractivity contribution in [3.05, 3.63) is 48.5 Å². The monoisotopic (exact) mass is 241 g/mol. The Balaban J connectivity index is 2.24. The molecule has 2 rings (SSSR count). The van der Waals surface area contributed by atoms with Gasteiger partial charge in [-0.25, -0.2) is 0 Å². The third-order valence-electron chi connectivity index (χ3n) is 2.19. The zero-order valence-corrected chi connectivity index (χ0v) is 9.87. The lowest BCUT2D eigenvalue weighted by molar-refractivity contribution is 1.38. The van der Waals surface area contributed by atoms with Crippen molar-refractivity contribution in [2.45, 2.75) is 9.79 Å². The summed E-state index contributed by atoms with van der Waals surface area (Å²) in [5.74, 6) is 0. The zero-order chi connectivity index (χ0) is 12.1. The van der Waals surface area contributed by atoms with Crippen molar-refractivity contribution in [3.63, 3.8) is 0 Å². The first-order chi connectivity index (χ1) is 8.29. The van der Waals surface area contributed by atoms with Crippen LogP contribution in [-0.4, -0.2) is 0 Å². The highest BCUT2D eigenvalue weighted by Crippen LogP contribution is 2.33. The third-order valence-corrected chi connectivity index (χ3v) is 3.27. The fraction of sp³-hybridized carbons (Fsp3) is 0. The van der Waals surface area contributed by atoms with Gasteiger partial charge in [0, 0.05) is 15.5 Å². The average molecular weight is 241 g/mol. The lowest BCUT2D eigenvalue weighted by atomic mass is 10.3. The fourth-order valence-corrected chi connectivity index (χ4v) is 2.28. The Labute approximate surface area is 104 Å². The van der Waals surface area contributed by atoms with Crippen LogP contribution >= 0.6 is 11.8 Å². The second kappa shape index (κ2) is 5.28. The first-order valence-corrected chi connectivity index (χ1v) is 5.89. The summed E-state index contributed by atoms with van der Waals surface area (Å²) in [4.78, 5) is 2.10. The highest BCUT2D eigenvalue weighted by atomic mass is 32.2. The maximum absolute atomic E-state index is 8.66. The molecular formula is C13H11N3S. The zero-order valence-electron chi connectivity index (χ0n) is 9.05. The van der Waals surface area contributed by atoms with Gasteiger partial charge in [-0.2, -0.15) is 5.26 Å². The summed E-state index contributed by atoms with van der Waals surface area (Å²) in [7, 11) is 0. The minimum absolute atomic E-state index is 0.748. The Hall–Kier alpha value is -2.12. The molecule has 0 aliphatic rings. The number of nitrogens with one attached hydrogen (secondary N) is 1. The van der Waals surface area contributed by atoms with Crippen LogP contribution in [-0.2, 0) is 0 Å². The van der Waals surface area contributed by atoms with Crippen molar-refractivity contribution in [2.75, 3.05) is 11.1 Å². The number of anilines is 2. The van der Waals surface area contributed by atoms with Gasteiger partial charge in [0.1, 0.15) is 0 Å². The van der Waals surface area contributed by atoms with Crippen molar-refractivity contribution < 1.29 is 0 Å². The van der Waals surface area contributed by atoms with E-state index in [0.717, 1.165) is 21.2 Å². The summed E-state index contributed by atoms with van der Waals surface area (Å²) in [5, 5.41) is 11.3. The molecule has 0 aliphatic carbocycles. The predicted octanol–water partition coefficient (Wildman–Crippen LogP) is 3.31. The molecule has 2 aromatic carbocycles. The van der Waals surface area contributed by atoms with Crippen LogP contribution in [0.25, 0.3) is 0 Å². The molecular weight excluding hydrogens is 230 g/mol. The van der Waals surface area contributed by atoms with Gasteiger partial charge in [0.15, 0.2) is 6.19 Å². The Bertz CT molecular complexity index is 543. The highest BCUT2D eigenvalue weighted by molar-refractivity contribution is 7.99. The first kappa shape index (κ1) is 11.4. The molecule has 4 heteroatoms. The largest absolute Gasteiger partial charge is 0.399 e. The molecule has 0 aromatic heterocycles. The smallest absolute Gasteiger partial charge is 0.181 e. The molecule has 84 valence electrons. The number of benzene rings is 2. The van der Waals surface area contributed by atoms with Gasteiger partial charge in [0.25, 0.3) is 0 Å². The van der Waals surface area contributed by atoms with E-state index in [1.54, 1.807) is 11.8 Å². The van der Waals surface area contributed by atoms with Crippen molar-refractivity contribution in [1.29, 1.82) is 5.26 Å². The van der Waals surface area contributed by atoms with Gasteiger partial charge in [0.2, 0.25) is 0 Å². The van der Waals surface area contributed by atoms with E-state index >= 15 is 0 Å². The topological polar surface area (TPSA) is 61.8 Å².